The average Bonchev–Trinajstić information content (AvgIpc) is 3.51. The summed E-state index contributed by atoms with van der Waals surface area (Å²) in [6, 6.07) is 0.550. The van der Waals surface area contributed by atoms with Crippen molar-refractivity contribution in [2.24, 2.45) is 0 Å². The number of oxazole rings is 1. The maximum atomic E-state index is 14.5. The molecular weight excluding hydrogens is 494 g/mol. The summed E-state index contributed by atoms with van der Waals surface area (Å²) in [7, 11) is 0. The minimum Gasteiger partial charge on any atom is -0.433 e. The Hall–Kier alpha value is -2.86. The number of amides is 3. The minimum atomic E-state index is -3.17. The third kappa shape index (κ3) is 7.33. The molecule has 9 nitrogen and oxygen atoms in total. The number of rotatable bonds is 11. The molecule has 3 amide bonds. The highest BCUT2D eigenvalue weighted by Crippen LogP contribution is 2.29. The summed E-state index contributed by atoms with van der Waals surface area (Å²) >= 11 is 1.48. The molecule has 0 unspecified atom stereocenters. The number of Topliss-reactive ketones (excluding diaryl/α,β-unsaturated/α-hetero) is 1. The topological polar surface area (TPSA) is 114 Å². The average molecular weight is 527 g/mol. The van der Waals surface area contributed by atoms with E-state index in [2.05, 4.69) is 15.6 Å². The fourth-order valence-corrected chi connectivity index (χ4v) is 4.64. The number of halogens is 2. The molecule has 2 aromatic rings. The molecule has 12 heteroatoms. The van der Waals surface area contributed by atoms with E-state index in [0.717, 1.165) is 9.75 Å². The van der Waals surface area contributed by atoms with E-state index >= 15 is 0 Å². The van der Waals surface area contributed by atoms with Crippen molar-refractivity contribution in [1.82, 2.24) is 20.5 Å². The van der Waals surface area contributed by atoms with Crippen molar-refractivity contribution < 1.29 is 32.3 Å². The van der Waals surface area contributed by atoms with E-state index in [1.807, 2.05) is 19.1 Å². The number of thiophene rings is 1. The van der Waals surface area contributed by atoms with Crippen LogP contribution in [0.25, 0.3) is 10.6 Å². The van der Waals surface area contributed by atoms with Crippen LogP contribution >= 0.6 is 11.3 Å². The highest BCUT2D eigenvalue weighted by molar-refractivity contribution is 7.15. The second kappa shape index (κ2) is 12.4. The van der Waals surface area contributed by atoms with Gasteiger partial charge in [-0.1, -0.05) is 20.3 Å². The molecule has 1 aliphatic heterocycles. The van der Waals surface area contributed by atoms with E-state index in [1.54, 1.807) is 13.8 Å². The number of morpholine rings is 1. The quantitative estimate of drug-likeness (QED) is 0.428. The Kier molecular flexibility index (Phi) is 9.55. The highest BCUT2D eigenvalue weighted by atomic mass is 32.1. The lowest BCUT2D eigenvalue weighted by molar-refractivity contribution is -0.126. The molecule has 0 saturated carbocycles. The number of aromatic nitrogens is 1. The monoisotopic (exact) mass is 526 g/mol. The number of urea groups is 1. The molecule has 0 radical (unpaired) electrons. The van der Waals surface area contributed by atoms with E-state index in [1.165, 1.54) is 22.4 Å². The molecule has 2 aromatic heterocycles. The fourth-order valence-electron chi connectivity index (χ4n) is 3.83. The number of ether oxygens (including phenoxy) is 1. The number of aryl methyl sites for hydroxylation is 1. The Morgan fingerprint density at radius 1 is 1.17 bits per heavy atom. The molecule has 36 heavy (non-hydrogen) atoms. The van der Waals surface area contributed by atoms with Gasteiger partial charge < -0.3 is 24.7 Å². The van der Waals surface area contributed by atoms with Crippen molar-refractivity contribution in [2.45, 2.75) is 64.5 Å². The van der Waals surface area contributed by atoms with Gasteiger partial charge in [0.2, 0.25) is 11.7 Å². The molecular formula is C24H32F2N4O5S. The molecule has 0 aliphatic carbocycles. The summed E-state index contributed by atoms with van der Waals surface area (Å²) in [6.45, 7) is 6.45. The van der Waals surface area contributed by atoms with Crippen LogP contribution in [-0.4, -0.2) is 71.9 Å². The second-order valence-corrected chi connectivity index (χ2v) is 9.97. The standard InChI is InChI=1S/C24H32F2N4O5S/c1-4-8-24(25,26)13-17(29-23(33)30-9-11-34-12-10-30)21(32)28-16(5-2)20(31)22-27-14-18(35-22)19-7-6-15(3)36-19/h6-7,14,16-17H,4-5,8-13H2,1-3H3,(H,28,32)(H,29,33)/t16-,17+/m1/s1. The first kappa shape index (κ1) is 27.7. The molecule has 3 rings (SSSR count). The minimum absolute atomic E-state index is 0.176. The first-order valence-electron chi connectivity index (χ1n) is 12.0. The Balaban J connectivity index is 1.72. The predicted octanol–water partition coefficient (Wildman–Crippen LogP) is 4.02. The molecule has 0 aromatic carbocycles. The number of nitrogens with one attached hydrogen (secondary N) is 2. The number of carbonyl (C=O) groups excluding carboxylic acids is 3. The van der Waals surface area contributed by atoms with Crippen LogP contribution in [0, 0.1) is 6.92 Å². The maximum absolute atomic E-state index is 14.5. The lowest BCUT2D eigenvalue weighted by atomic mass is 10.0. The van der Waals surface area contributed by atoms with E-state index in [4.69, 9.17) is 9.15 Å². The molecule has 0 bridgehead atoms. The van der Waals surface area contributed by atoms with Gasteiger partial charge in [-0.25, -0.2) is 18.6 Å². The Morgan fingerprint density at radius 2 is 1.89 bits per heavy atom. The van der Waals surface area contributed by atoms with Gasteiger partial charge in [-0.3, -0.25) is 9.59 Å². The third-order valence-corrected chi connectivity index (χ3v) is 6.79. The first-order valence-corrected chi connectivity index (χ1v) is 12.8. The van der Waals surface area contributed by atoms with Gasteiger partial charge in [0.15, 0.2) is 5.76 Å². The maximum Gasteiger partial charge on any atom is 0.318 e. The van der Waals surface area contributed by atoms with Gasteiger partial charge in [0.05, 0.1) is 30.3 Å². The number of carbonyl (C=O) groups is 3. The molecule has 1 saturated heterocycles. The van der Waals surface area contributed by atoms with Gasteiger partial charge in [0.25, 0.3) is 11.8 Å². The van der Waals surface area contributed by atoms with Crippen LogP contribution in [0.4, 0.5) is 13.6 Å². The van der Waals surface area contributed by atoms with Crippen LogP contribution in [0.5, 0.6) is 0 Å². The number of nitrogens with zero attached hydrogens (tertiary/aromatic N) is 2. The van der Waals surface area contributed by atoms with Gasteiger partial charge in [-0.05, 0) is 25.5 Å². The molecule has 0 spiro atoms. The summed E-state index contributed by atoms with van der Waals surface area (Å²) < 4.78 is 39.8. The van der Waals surface area contributed by atoms with Crippen molar-refractivity contribution in [1.29, 1.82) is 0 Å². The smallest absolute Gasteiger partial charge is 0.318 e. The Bertz CT molecular complexity index is 1050. The molecule has 2 atom stereocenters. The van der Waals surface area contributed by atoms with Crippen molar-refractivity contribution in [2.75, 3.05) is 26.3 Å². The lowest BCUT2D eigenvalue weighted by Gasteiger charge is -2.30. The van der Waals surface area contributed by atoms with Crippen LogP contribution in [0.1, 0.15) is 55.1 Å². The summed E-state index contributed by atoms with van der Waals surface area (Å²) in [5, 5.41) is 4.94. The van der Waals surface area contributed by atoms with Gasteiger partial charge >= 0.3 is 6.03 Å². The van der Waals surface area contributed by atoms with Crippen LogP contribution in [0.3, 0.4) is 0 Å². The lowest BCUT2D eigenvalue weighted by Crippen LogP contribution is -2.56. The molecule has 3 heterocycles. The zero-order chi connectivity index (χ0) is 26.3. The van der Waals surface area contributed by atoms with Gasteiger partial charge in [0.1, 0.15) is 6.04 Å². The van der Waals surface area contributed by atoms with Crippen molar-refractivity contribution >= 4 is 29.1 Å². The number of ketones is 1. The summed E-state index contributed by atoms with van der Waals surface area (Å²) in [5.74, 6) is -4.38. The van der Waals surface area contributed by atoms with Crippen LogP contribution in [-0.2, 0) is 9.53 Å². The van der Waals surface area contributed by atoms with Crippen molar-refractivity contribution in [3.05, 3.63) is 29.1 Å². The Morgan fingerprint density at radius 3 is 2.50 bits per heavy atom. The molecule has 1 fully saturated rings. The zero-order valence-electron chi connectivity index (χ0n) is 20.6. The van der Waals surface area contributed by atoms with Crippen molar-refractivity contribution in [3.63, 3.8) is 0 Å². The van der Waals surface area contributed by atoms with Crippen LogP contribution in [0.2, 0.25) is 0 Å². The third-order valence-electron chi connectivity index (χ3n) is 5.77. The molecule has 2 N–H and O–H groups in total. The number of hydrogen-bond donors (Lipinski definition) is 2. The van der Waals surface area contributed by atoms with Crippen molar-refractivity contribution in [3.8, 4) is 10.6 Å². The molecule has 198 valence electrons. The summed E-state index contributed by atoms with van der Waals surface area (Å²) in [4.78, 5) is 46.1. The van der Waals surface area contributed by atoms with Crippen LogP contribution < -0.4 is 10.6 Å². The largest absolute Gasteiger partial charge is 0.433 e. The SMILES string of the molecule is CCCC(F)(F)C[C@H](NC(=O)N1CCOCC1)C(=O)N[C@H](CC)C(=O)c1ncc(-c2ccc(C)s2)o1. The van der Waals surface area contributed by atoms with Gasteiger partial charge in [-0.2, -0.15) is 0 Å². The van der Waals surface area contributed by atoms with E-state index in [-0.39, 0.29) is 31.8 Å². The number of hydrogen-bond acceptors (Lipinski definition) is 7. The highest BCUT2D eigenvalue weighted by Gasteiger charge is 2.38. The molecule has 1 aliphatic rings. The van der Waals surface area contributed by atoms with E-state index in [0.29, 0.717) is 19.0 Å². The number of alkyl halides is 2. The van der Waals surface area contributed by atoms with Crippen LogP contribution in [0.15, 0.2) is 22.7 Å². The van der Waals surface area contributed by atoms with E-state index in [9.17, 15) is 23.2 Å². The second-order valence-electron chi connectivity index (χ2n) is 8.69. The Labute approximate surface area is 212 Å². The zero-order valence-corrected chi connectivity index (χ0v) is 21.5. The summed E-state index contributed by atoms with van der Waals surface area (Å²) in [6.07, 6.45) is 0.514. The normalized spacial score (nSPS) is 15.9. The van der Waals surface area contributed by atoms with E-state index < -0.39 is 48.6 Å². The summed E-state index contributed by atoms with van der Waals surface area (Å²) in [5.41, 5.74) is 0. The predicted molar refractivity (Wildman–Crippen MR) is 130 cm³/mol. The first-order chi connectivity index (χ1) is 17.1. The van der Waals surface area contributed by atoms with Gasteiger partial charge in [0, 0.05) is 30.8 Å². The fraction of sp³-hybridized carbons (Fsp3) is 0.583. The van der Waals surface area contributed by atoms with Gasteiger partial charge in [-0.15, -0.1) is 11.3 Å².